The van der Waals surface area contributed by atoms with Gasteiger partial charge < -0.3 is 9.84 Å². The fourth-order valence-electron chi connectivity index (χ4n) is 3.25. The summed E-state index contributed by atoms with van der Waals surface area (Å²) in [6, 6.07) is 16.1. The summed E-state index contributed by atoms with van der Waals surface area (Å²) in [6.45, 7) is -0.841. The van der Waals surface area contributed by atoms with E-state index < -0.39 is 34.3 Å². The van der Waals surface area contributed by atoms with E-state index in [-0.39, 0.29) is 28.3 Å². The van der Waals surface area contributed by atoms with Crippen LogP contribution in [-0.4, -0.2) is 37.5 Å². The Labute approximate surface area is 199 Å². The second kappa shape index (κ2) is 10.2. The lowest BCUT2D eigenvalue weighted by Crippen LogP contribution is -2.26. The highest BCUT2D eigenvalue weighted by molar-refractivity contribution is 7.89. The number of ether oxygens (including phenoxy) is 1. The molecule has 7 nitrogen and oxygen atoms in total. The molecule has 0 fully saturated rings. The number of alkyl halides is 3. The van der Waals surface area contributed by atoms with Crippen LogP contribution in [-0.2, 0) is 27.5 Å². The van der Waals surface area contributed by atoms with Crippen LogP contribution in [0.15, 0.2) is 71.6 Å². The van der Waals surface area contributed by atoms with Crippen molar-refractivity contribution in [1.82, 2.24) is 4.31 Å². The van der Waals surface area contributed by atoms with Crippen molar-refractivity contribution in [1.29, 1.82) is 5.26 Å². The SMILES string of the molecule is CN(Cc1ccc(OCC(=O)O)c(-c2cccc(C(F)(F)F)c2)c1)S(=O)(=O)c1ccc(C#N)cc1. The molecule has 0 aliphatic heterocycles. The number of sulfonamides is 1. The molecule has 0 bridgehead atoms. The van der Waals surface area contributed by atoms with E-state index >= 15 is 0 Å². The van der Waals surface area contributed by atoms with Gasteiger partial charge in [-0.15, -0.1) is 0 Å². The third-order valence-electron chi connectivity index (χ3n) is 4.99. The summed E-state index contributed by atoms with van der Waals surface area (Å²) in [4.78, 5) is 10.9. The molecule has 0 aliphatic carbocycles. The molecular formula is C24H19F3N2O5S. The van der Waals surface area contributed by atoms with Crippen LogP contribution in [0.3, 0.4) is 0 Å². The molecule has 1 N–H and O–H groups in total. The zero-order valence-corrected chi connectivity index (χ0v) is 19.1. The third-order valence-corrected chi connectivity index (χ3v) is 6.81. The molecule has 3 aromatic rings. The summed E-state index contributed by atoms with van der Waals surface area (Å²) in [7, 11) is -2.59. The summed E-state index contributed by atoms with van der Waals surface area (Å²) < 4.78 is 71.8. The molecule has 0 saturated carbocycles. The van der Waals surface area contributed by atoms with Gasteiger partial charge in [0.25, 0.3) is 0 Å². The molecule has 35 heavy (non-hydrogen) atoms. The van der Waals surface area contributed by atoms with Crippen molar-refractivity contribution < 1.29 is 36.2 Å². The van der Waals surface area contributed by atoms with Crippen molar-refractivity contribution in [3.05, 3.63) is 83.4 Å². The van der Waals surface area contributed by atoms with Crippen LogP contribution in [0.4, 0.5) is 13.2 Å². The maximum atomic E-state index is 13.2. The number of hydrogen-bond acceptors (Lipinski definition) is 5. The first-order chi connectivity index (χ1) is 16.4. The molecule has 3 rings (SSSR count). The number of carbonyl (C=O) groups is 1. The van der Waals surface area contributed by atoms with Gasteiger partial charge in [-0.25, -0.2) is 13.2 Å². The number of benzene rings is 3. The number of halogens is 3. The Balaban J connectivity index is 1.98. The highest BCUT2D eigenvalue weighted by Gasteiger charge is 2.30. The van der Waals surface area contributed by atoms with E-state index in [1.54, 1.807) is 0 Å². The van der Waals surface area contributed by atoms with Crippen LogP contribution in [0.1, 0.15) is 16.7 Å². The maximum absolute atomic E-state index is 13.2. The molecule has 0 aliphatic rings. The monoisotopic (exact) mass is 504 g/mol. The Bertz CT molecular complexity index is 1380. The van der Waals surface area contributed by atoms with Crippen LogP contribution >= 0.6 is 0 Å². The molecule has 0 aromatic heterocycles. The fraction of sp³-hybridized carbons (Fsp3) is 0.167. The van der Waals surface area contributed by atoms with Crippen LogP contribution in [0.2, 0.25) is 0 Å². The molecule has 0 heterocycles. The predicted octanol–water partition coefficient (Wildman–Crippen LogP) is 4.53. The lowest BCUT2D eigenvalue weighted by molar-refractivity contribution is -0.139. The number of carboxylic acid groups (broad SMARTS) is 1. The minimum Gasteiger partial charge on any atom is -0.481 e. The minimum atomic E-state index is -4.59. The number of carboxylic acids is 1. The Hall–Kier alpha value is -3.88. The van der Waals surface area contributed by atoms with E-state index in [2.05, 4.69) is 0 Å². The van der Waals surface area contributed by atoms with Gasteiger partial charge in [0.15, 0.2) is 6.61 Å². The summed E-state index contributed by atoms with van der Waals surface area (Å²) >= 11 is 0. The quantitative estimate of drug-likeness (QED) is 0.483. The molecular weight excluding hydrogens is 485 g/mol. The second-order valence-electron chi connectivity index (χ2n) is 7.49. The number of hydrogen-bond donors (Lipinski definition) is 1. The molecule has 0 spiro atoms. The number of rotatable bonds is 8. The van der Waals surface area contributed by atoms with Crippen molar-refractivity contribution >= 4 is 16.0 Å². The second-order valence-corrected chi connectivity index (χ2v) is 9.53. The van der Waals surface area contributed by atoms with Gasteiger partial charge in [-0.1, -0.05) is 18.2 Å². The molecule has 11 heteroatoms. The molecule has 0 saturated heterocycles. The number of nitrogens with zero attached hydrogens (tertiary/aromatic N) is 2. The largest absolute Gasteiger partial charge is 0.481 e. The van der Waals surface area contributed by atoms with Crippen LogP contribution in [0.25, 0.3) is 11.1 Å². The minimum absolute atomic E-state index is 0.0292. The summed E-state index contributed by atoms with van der Waals surface area (Å²) in [5.41, 5.74) is 0.137. The average molecular weight is 504 g/mol. The molecule has 0 atom stereocenters. The standard InChI is InChI=1S/C24H19F3N2O5S/c1-29(35(32,33)20-8-5-16(13-28)6-9-20)14-17-7-10-22(34-15-23(30)31)21(11-17)18-3-2-4-19(12-18)24(25,26)27/h2-12H,14-15H2,1H3,(H,30,31). The third kappa shape index (κ3) is 6.17. The van der Waals surface area contributed by atoms with Gasteiger partial charge in [0.2, 0.25) is 10.0 Å². The van der Waals surface area contributed by atoms with Gasteiger partial charge >= 0.3 is 12.1 Å². The summed E-state index contributed by atoms with van der Waals surface area (Å²) in [5, 5.41) is 17.8. The first-order valence-corrected chi connectivity index (χ1v) is 11.5. The fourth-order valence-corrected chi connectivity index (χ4v) is 4.41. The Morgan fingerprint density at radius 3 is 2.37 bits per heavy atom. The van der Waals surface area contributed by atoms with E-state index in [0.29, 0.717) is 11.1 Å². The van der Waals surface area contributed by atoms with Crippen molar-refractivity contribution in [2.24, 2.45) is 0 Å². The summed E-state index contributed by atoms with van der Waals surface area (Å²) in [5.74, 6) is -1.23. The topological polar surface area (TPSA) is 108 Å². The molecule has 0 unspecified atom stereocenters. The van der Waals surface area contributed by atoms with Crippen LogP contribution in [0.5, 0.6) is 5.75 Å². The van der Waals surface area contributed by atoms with Gasteiger partial charge in [-0.05, 0) is 59.7 Å². The van der Waals surface area contributed by atoms with Crippen molar-refractivity contribution in [3.8, 4) is 22.9 Å². The number of nitriles is 1. The predicted molar refractivity (Wildman–Crippen MR) is 120 cm³/mol. The van der Waals surface area contributed by atoms with Crippen LogP contribution in [0, 0.1) is 11.3 Å². The Morgan fingerprint density at radius 2 is 1.77 bits per heavy atom. The molecule has 0 radical (unpaired) electrons. The lowest BCUT2D eigenvalue weighted by atomic mass is 9.99. The molecule has 0 amide bonds. The Kier molecular flexibility index (Phi) is 7.48. The first kappa shape index (κ1) is 25.7. The van der Waals surface area contributed by atoms with E-state index in [1.165, 1.54) is 61.6 Å². The smallest absolute Gasteiger partial charge is 0.416 e. The normalized spacial score (nSPS) is 11.8. The van der Waals surface area contributed by atoms with Crippen molar-refractivity contribution in [2.75, 3.05) is 13.7 Å². The number of aliphatic carboxylic acids is 1. The van der Waals surface area contributed by atoms with Crippen molar-refractivity contribution in [3.63, 3.8) is 0 Å². The van der Waals surface area contributed by atoms with E-state index in [4.69, 9.17) is 15.1 Å². The van der Waals surface area contributed by atoms with E-state index in [9.17, 15) is 26.4 Å². The van der Waals surface area contributed by atoms with Gasteiger partial charge in [-0.2, -0.15) is 22.7 Å². The first-order valence-electron chi connectivity index (χ1n) is 10.0. The highest BCUT2D eigenvalue weighted by atomic mass is 32.2. The lowest BCUT2D eigenvalue weighted by Gasteiger charge is -2.19. The molecule has 3 aromatic carbocycles. The van der Waals surface area contributed by atoms with Crippen LogP contribution < -0.4 is 4.74 Å². The summed E-state index contributed by atoms with van der Waals surface area (Å²) in [6.07, 6.45) is -4.59. The van der Waals surface area contributed by atoms with E-state index in [1.807, 2.05) is 6.07 Å². The van der Waals surface area contributed by atoms with E-state index in [0.717, 1.165) is 16.4 Å². The molecule has 182 valence electrons. The zero-order valence-electron chi connectivity index (χ0n) is 18.3. The highest BCUT2D eigenvalue weighted by Crippen LogP contribution is 2.36. The van der Waals surface area contributed by atoms with Gasteiger partial charge in [0.1, 0.15) is 5.75 Å². The Morgan fingerprint density at radius 1 is 1.09 bits per heavy atom. The van der Waals surface area contributed by atoms with Gasteiger partial charge in [-0.3, -0.25) is 0 Å². The maximum Gasteiger partial charge on any atom is 0.416 e. The average Bonchev–Trinajstić information content (AvgIpc) is 2.82. The van der Waals surface area contributed by atoms with Crippen molar-refractivity contribution in [2.45, 2.75) is 17.6 Å². The van der Waals surface area contributed by atoms with Gasteiger partial charge in [0.05, 0.1) is 22.1 Å². The zero-order chi connectivity index (χ0) is 25.8. The van der Waals surface area contributed by atoms with Gasteiger partial charge in [0, 0.05) is 19.2 Å².